The van der Waals surface area contributed by atoms with Gasteiger partial charge in [0, 0.05) is 19.1 Å². The molecular weight excluding hydrogens is 208 g/mol. The quantitative estimate of drug-likeness (QED) is 0.740. The molecule has 0 radical (unpaired) electrons. The normalized spacial score (nSPS) is 28.2. The molecule has 0 amide bonds. The molecule has 1 rings (SSSR count). The van der Waals surface area contributed by atoms with E-state index >= 15 is 0 Å². The molecule has 1 aliphatic heterocycles. The standard InChI is InChI=1S/C15H32N2/c1-4-6-7-14(5-2)12-17-9-8-13(3)10-15(17)11-16/h13-15H,4-12,16H2,1-3H3. The molecule has 3 atom stereocenters. The topological polar surface area (TPSA) is 29.3 Å². The molecule has 0 aromatic rings. The van der Waals surface area contributed by atoms with Crippen LogP contribution in [0.2, 0.25) is 0 Å². The Morgan fingerprint density at radius 1 is 1.35 bits per heavy atom. The van der Waals surface area contributed by atoms with Crippen molar-refractivity contribution in [2.24, 2.45) is 17.6 Å². The van der Waals surface area contributed by atoms with Gasteiger partial charge >= 0.3 is 0 Å². The number of unbranched alkanes of at least 4 members (excludes halogenated alkanes) is 1. The lowest BCUT2D eigenvalue weighted by Gasteiger charge is -2.39. The van der Waals surface area contributed by atoms with E-state index in [1.54, 1.807) is 0 Å². The van der Waals surface area contributed by atoms with Crippen LogP contribution in [0.1, 0.15) is 59.3 Å². The molecule has 0 aromatic carbocycles. The summed E-state index contributed by atoms with van der Waals surface area (Å²) in [4.78, 5) is 2.67. The largest absolute Gasteiger partial charge is 0.329 e. The Morgan fingerprint density at radius 2 is 2.12 bits per heavy atom. The highest BCUT2D eigenvalue weighted by Gasteiger charge is 2.26. The summed E-state index contributed by atoms with van der Waals surface area (Å²) in [6.45, 7) is 10.4. The Labute approximate surface area is 108 Å². The van der Waals surface area contributed by atoms with Gasteiger partial charge in [-0.15, -0.1) is 0 Å². The maximum Gasteiger partial charge on any atom is 0.0221 e. The van der Waals surface area contributed by atoms with Crippen LogP contribution in [0.5, 0.6) is 0 Å². The van der Waals surface area contributed by atoms with Gasteiger partial charge in [-0.1, -0.05) is 40.0 Å². The molecule has 1 fully saturated rings. The zero-order valence-corrected chi connectivity index (χ0v) is 12.1. The van der Waals surface area contributed by atoms with Crippen molar-refractivity contribution < 1.29 is 0 Å². The van der Waals surface area contributed by atoms with Crippen LogP contribution in [0, 0.1) is 11.8 Å². The van der Waals surface area contributed by atoms with E-state index in [9.17, 15) is 0 Å². The van der Waals surface area contributed by atoms with Crippen molar-refractivity contribution in [3.05, 3.63) is 0 Å². The predicted molar refractivity (Wildman–Crippen MR) is 76.1 cm³/mol. The molecule has 3 unspecified atom stereocenters. The molecule has 1 saturated heterocycles. The van der Waals surface area contributed by atoms with Crippen molar-refractivity contribution in [1.82, 2.24) is 4.90 Å². The lowest BCUT2D eigenvalue weighted by Crippen LogP contribution is -2.48. The average Bonchev–Trinajstić information content (AvgIpc) is 2.35. The highest BCUT2D eigenvalue weighted by atomic mass is 15.2. The second kappa shape index (κ2) is 8.10. The van der Waals surface area contributed by atoms with E-state index in [1.807, 2.05) is 0 Å². The summed E-state index contributed by atoms with van der Waals surface area (Å²) < 4.78 is 0. The van der Waals surface area contributed by atoms with Gasteiger partial charge in [-0.05, 0) is 37.6 Å². The van der Waals surface area contributed by atoms with Crippen molar-refractivity contribution in [2.45, 2.75) is 65.3 Å². The summed E-state index contributed by atoms with van der Waals surface area (Å²) in [7, 11) is 0. The molecule has 0 bridgehead atoms. The fraction of sp³-hybridized carbons (Fsp3) is 1.00. The summed E-state index contributed by atoms with van der Waals surface area (Å²) in [5.41, 5.74) is 5.93. The Kier molecular flexibility index (Phi) is 7.14. The summed E-state index contributed by atoms with van der Waals surface area (Å²) in [6, 6.07) is 0.648. The van der Waals surface area contributed by atoms with E-state index < -0.39 is 0 Å². The maximum absolute atomic E-state index is 5.93. The highest BCUT2D eigenvalue weighted by Crippen LogP contribution is 2.24. The van der Waals surface area contributed by atoms with Crippen LogP contribution in [0.3, 0.4) is 0 Å². The summed E-state index contributed by atoms with van der Waals surface area (Å²) >= 11 is 0. The Bertz CT molecular complexity index is 193. The number of piperidine rings is 1. The Balaban J connectivity index is 2.41. The molecule has 0 aromatic heterocycles. The van der Waals surface area contributed by atoms with Crippen LogP contribution in [0.25, 0.3) is 0 Å². The smallest absolute Gasteiger partial charge is 0.0221 e. The van der Waals surface area contributed by atoms with E-state index in [0.717, 1.165) is 18.4 Å². The SMILES string of the molecule is CCCCC(CC)CN1CCC(C)CC1CN. The van der Waals surface area contributed by atoms with E-state index in [1.165, 1.54) is 51.6 Å². The minimum Gasteiger partial charge on any atom is -0.329 e. The number of nitrogens with two attached hydrogens (primary N) is 1. The fourth-order valence-electron chi connectivity index (χ4n) is 3.03. The predicted octanol–water partition coefficient (Wildman–Crippen LogP) is 3.26. The summed E-state index contributed by atoms with van der Waals surface area (Å²) in [6.07, 6.45) is 8.10. The van der Waals surface area contributed by atoms with Crippen LogP contribution in [0.15, 0.2) is 0 Å². The number of nitrogens with zero attached hydrogens (tertiary/aromatic N) is 1. The lowest BCUT2D eigenvalue weighted by molar-refractivity contribution is 0.0997. The second-order valence-corrected chi connectivity index (χ2v) is 5.93. The van der Waals surface area contributed by atoms with Crippen molar-refractivity contribution in [1.29, 1.82) is 0 Å². The van der Waals surface area contributed by atoms with Gasteiger partial charge in [-0.25, -0.2) is 0 Å². The summed E-state index contributed by atoms with van der Waals surface area (Å²) in [5, 5.41) is 0. The molecule has 2 heteroatoms. The minimum atomic E-state index is 0.648. The average molecular weight is 240 g/mol. The number of hydrogen-bond acceptors (Lipinski definition) is 2. The number of likely N-dealkylation sites (tertiary alicyclic amines) is 1. The molecular formula is C15H32N2. The Hall–Kier alpha value is -0.0800. The van der Waals surface area contributed by atoms with Crippen molar-refractivity contribution in [3.63, 3.8) is 0 Å². The lowest BCUT2D eigenvalue weighted by atomic mass is 9.90. The van der Waals surface area contributed by atoms with Gasteiger partial charge in [0.1, 0.15) is 0 Å². The van der Waals surface area contributed by atoms with Crippen molar-refractivity contribution in [3.8, 4) is 0 Å². The first-order valence-electron chi connectivity index (χ1n) is 7.65. The molecule has 1 heterocycles. The van der Waals surface area contributed by atoms with Gasteiger partial charge in [-0.2, -0.15) is 0 Å². The highest BCUT2D eigenvalue weighted by molar-refractivity contribution is 4.82. The van der Waals surface area contributed by atoms with Crippen LogP contribution in [-0.2, 0) is 0 Å². The molecule has 0 saturated carbocycles. The maximum atomic E-state index is 5.93. The van der Waals surface area contributed by atoms with E-state index in [-0.39, 0.29) is 0 Å². The van der Waals surface area contributed by atoms with E-state index in [2.05, 4.69) is 25.7 Å². The number of rotatable bonds is 7. The van der Waals surface area contributed by atoms with Crippen LogP contribution in [-0.4, -0.2) is 30.6 Å². The second-order valence-electron chi connectivity index (χ2n) is 5.93. The number of hydrogen-bond donors (Lipinski definition) is 1. The summed E-state index contributed by atoms with van der Waals surface area (Å²) in [5.74, 6) is 1.76. The molecule has 102 valence electrons. The third-order valence-corrected chi connectivity index (χ3v) is 4.41. The van der Waals surface area contributed by atoms with Crippen molar-refractivity contribution in [2.75, 3.05) is 19.6 Å². The van der Waals surface area contributed by atoms with Crippen LogP contribution in [0.4, 0.5) is 0 Å². The molecule has 0 aliphatic carbocycles. The zero-order valence-electron chi connectivity index (χ0n) is 12.1. The first-order chi connectivity index (χ1) is 8.21. The molecule has 0 spiro atoms. The van der Waals surface area contributed by atoms with Gasteiger partial charge in [-0.3, -0.25) is 4.90 Å². The molecule has 1 aliphatic rings. The first-order valence-corrected chi connectivity index (χ1v) is 7.65. The van der Waals surface area contributed by atoms with Crippen LogP contribution >= 0.6 is 0 Å². The third-order valence-electron chi connectivity index (χ3n) is 4.41. The van der Waals surface area contributed by atoms with Gasteiger partial charge < -0.3 is 5.73 Å². The van der Waals surface area contributed by atoms with Gasteiger partial charge in [0.2, 0.25) is 0 Å². The van der Waals surface area contributed by atoms with Gasteiger partial charge in [0.05, 0.1) is 0 Å². The van der Waals surface area contributed by atoms with Gasteiger partial charge in [0.25, 0.3) is 0 Å². The minimum absolute atomic E-state index is 0.648. The van der Waals surface area contributed by atoms with E-state index in [4.69, 9.17) is 5.73 Å². The van der Waals surface area contributed by atoms with Gasteiger partial charge in [0.15, 0.2) is 0 Å². The van der Waals surface area contributed by atoms with Crippen molar-refractivity contribution >= 4 is 0 Å². The third kappa shape index (κ3) is 4.97. The monoisotopic (exact) mass is 240 g/mol. The van der Waals surface area contributed by atoms with E-state index in [0.29, 0.717) is 6.04 Å². The molecule has 17 heavy (non-hydrogen) atoms. The first kappa shape index (κ1) is 15.0. The Morgan fingerprint density at radius 3 is 2.71 bits per heavy atom. The fourth-order valence-corrected chi connectivity index (χ4v) is 3.03. The molecule has 2 nitrogen and oxygen atoms in total. The van der Waals surface area contributed by atoms with Crippen LogP contribution < -0.4 is 5.73 Å². The molecule has 2 N–H and O–H groups in total. The zero-order chi connectivity index (χ0) is 12.7.